The first-order valence-electron chi connectivity index (χ1n) is 10.8. The van der Waals surface area contributed by atoms with Crippen LogP contribution in [0.25, 0.3) is 22.2 Å². The molecule has 0 fully saturated rings. The molecule has 0 saturated carbocycles. The molecule has 1 aromatic heterocycles. The van der Waals surface area contributed by atoms with Crippen molar-refractivity contribution in [3.05, 3.63) is 71.7 Å². The molecule has 6 heteroatoms. The van der Waals surface area contributed by atoms with Crippen molar-refractivity contribution >= 4 is 16.7 Å². The van der Waals surface area contributed by atoms with Crippen molar-refractivity contribution in [1.82, 2.24) is 4.98 Å². The second kappa shape index (κ2) is 11.7. The van der Waals surface area contributed by atoms with Crippen LogP contribution in [0.3, 0.4) is 0 Å². The fourth-order valence-electron chi connectivity index (χ4n) is 2.68. The molecule has 0 aliphatic rings. The predicted octanol–water partition coefficient (Wildman–Crippen LogP) is 7.25. The standard InChI is InChI=1S/C17H13FNO.C11H20O2.Ir/c1-11-8-17-13(10-15(11)18)6-7-16(19-17)12-4-3-5-14(9-12)20-2;1-10(2,3)8(12)7-9(13)11(4,5)6;/h3,5-10H,1-2H3;7,12H,1-6H3;/q-1;;/b;8-7-;. The number of methoxy groups -OCH3 is 1. The number of aryl methyl sites for hydroxylation is 1. The number of hydrogen-bond acceptors (Lipinski definition) is 4. The van der Waals surface area contributed by atoms with E-state index in [0.717, 1.165) is 27.9 Å². The summed E-state index contributed by atoms with van der Waals surface area (Å²) in [4.78, 5) is 16.1. The Kier molecular flexibility index (Phi) is 10.2. The summed E-state index contributed by atoms with van der Waals surface area (Å²) >= 11 is 0. The van der Waals surface area contributed by atoms with E-state index in [-0.39, 0.29) is 42.9 Å². The van der Waals surface area contributed by atoms with Crippen molar-refractivity contribution in [3.63, 3.8) is 0 Å². The molecule has 1 radical (unpaired) electrons. The molecule has 0 atom stereocenters. The number of ether oxygens (including phenoxy) is 1. The summed E-state index contributed by atoms with van der Waals surface area (Å²) in [6.07, 6.45) is 1.33. The molecular weight excluding hydrogens is 610 g/mol. The van der Waals surface area contributed by atoms with Crippen LogP contribution in [0.2, 0.25) is 0 Å². The maximum atomic E-state index is 13.5. The SMILES string of the molecule is CC(C)(C)C(=O)/C=C(\O)C(C)(C)C.COc1cc[c-]c(-c2ccc3cc(F)c(C)cc3n2)c1.[Ir]. The van der Waals surface area contributed by atoms with Crippen molar-refractivity contribution < 1.29 is 39.1 Å². The number of pyridine rings is 1. The van der Waals surface area contributed by atoms with Gasteiger partial charge in [0.2, 0.25) is 0 Å². The Balaban J connectivity index is 0.000000364. The van der Waals surface area contributed by atoms with E-state index in [2.05, 4.69) is 11.1 Å². The van der Waals surface area contributed by atoms with Gasteiger partial charge in [-0.05, 0) is 30.3 Å². The van der Waals surface area contributed by atoms with E-state index in [1.807, 2.05) is 65.8 Å². The van der Waals surface area contributed by atoms with E-state index in [4.69, 9.17) is 4.74 Å². The number of aromatic nitrogens is 1. The van der Waals surface area contributed by atoms with Gasteiger partial charge < -0.3 is 9.84 Å². The van der Waals surface area contributed by atoms with Gasteiger partial charge in [-0.15, -0.1) is 29.8 Å². The van der Waals surface area contributed by atoms with Crippen LogP contribution in [-0.4, -0.2) is 23.0 Å². The smallest absolute Gasteiger partial charge is 0.164 e. The maximum Gasteiger partial charge on any atom is 0.164 e. The Hall–Kier alpha value is -2.56. The number of nitrogens with zero attached hydrogens (tertiary/aromatic N) is 1. The summed E-state index contributed by atoms with van der Waals surface area (Å²) in [7, 11) is 1.62. The zero-order valence-electron chi connectivity index (χ0n) is 21.0. The fourth-order valence-corrected chi connectivity index (χ4v) is 2.68. The molecule has 0 bridgehead atoms. The van der Waals surface area contributed by atoms with E-state index in [1.165, 1.54) is 12.1 Å². The van der Waals surface area contributed by atoms with E-state index in [0.29, 0.717) is 5.56 Å². The molecular formula is C28H33FIrNO3-. The van der Waals surface area contributed by atoms with Gasteiger partial charge in [0.1, 0.15) is 11.6 Å². The van der Waals surface area contributed by atoms with Gasteiger partial charge >= 0.3 is 0 Å². The molecule has 0 amide bonds. The minimum atomic E-state index is -0.417. The number of hydrogen-bond donors (Lipinski definition) is 1. The number of carbonyl (C=O) groups excluding carboxylic acids is 1. The summed E-state index contributed by atoms with van der Waals surface area (Å²) in [5, 5.41) is 10.4. The number of rotatable bonds is 3. The normalized spacial score (nSPS) is 11.9. The van der Waals surface area contributed by atoms with Gasteiger partial charge in [0, 0.05) is 48.1 Å². The van der Waals surface area contributed by atoms with E-state index in [1.54, 1.807) is 26.2 Å². The van der Waals surface area contributed by atoms with Crippen LogP contribution >= 0.6 is 0 Å². The Labute approximate surface area is 215 Å². The van der Waals surface area contributed by atoms with E-state index < -0.39 is 5.41 Å². The van der Waals surface area contributed by atoms with Gasteiger partial charge in [-0.25, -0.2) is 4.39 Å². The maximum absolute atomic E-state index is 13.5. The Morgan fingerprint density at radius 2 is 1.71 bits per heavy atom. The number of benzene rings is 2. The van der Waals surface area contributed by atoms with Gasteiger partial charge in [-0.1, -0.05) is 53.7 Å². The third-order valence-electron chi connectivity index (χ3n) is 5.03. The van der Waals surface area contributed by atoms with Crippen molar-refractivity contribution in [2.45, 2.75) is 48.5 Å². The van der Waals surface area contributed by atoms with Gasteiger partial charge in [0.05, 0.1) is 12.6 Å². The Bertz CT molecular complexity index is 1170. The summed E-state index contributed by atoms with van der Waals surface area (Å²) in [5.41, 5.74) is 2.25. The molecule has 3 rings (SSSR count). The average molecular weight is 643 g/mol. The summed E-state index contributed by atoms with van der Waals surface area (Å²) < 4.78 is 18.7. The quantitative estimate of drug-likeness (QED) is 0.186. The molecule has 2 aromatic carbocycles. The van der Waals surface area contributed by atoms with Crippen molar-refractivity contribution in [3.8, 4) is 17.0 Å². The average Bonchev–Trinajstić information content (AvgIpc) is 2.73. The molecule has 4 nitrogen and oxygen atoms in total. The van der Waals surface area contributed by atoms with E-state index in [9.17, 15) is 14.3 Å². The number of fused-ring (bicyclic) bond motifs is 1. The molecule has 34 heavy (non-hydrogen) atoms. The minimum Gasteiger partial charge on any atom is -0.516 e. The summed E-state index contributed by atoms with van der Waals surface area (Å²) in [5.74, 6) is 0.656. The summed E-state index contributed by atoms with van der Waals surface area (Å²) in [6, 6.07) is 15.7. The number of ketones is 1. The van der Waals surface area contributed by atoms with Crippen LogP contribution < -0.4 is 4.74 Å². The van der Waals surface area contributed by atoms with Crippen LogP contribution in [0.4, 0.5) is 4.39 Å². The van der Waals surface area contributed by atoms with Crippen molar-refractivity contribution in [1.29, 1.82) is 0 Å². The van der Waals surface area contributed by atoms with Crippen LogP contribution in [0.15, 0.2) is 54.3 Å². The second-order valence-corrected chi connectivity index (χ2v) is 10.0. The van der Waals surface area contributed by atoms with E-state index >= 15 is 0 Å². The molecule has 0 aliphatic carbocycles. The minimum absolute atomic E-state index is 0. The second-order valence-electron chi connectivity index (χ2n) is 10.0. The molecule has 0 aliphatic heterocycles. The third kappa shape index (κ3) is 8.03. The van der Waals surface area contributed by atoms with Gasteiger partial charge in [-0.2, -0.15) is 0 Å². The topological polar surface area (TPSA) is 59.4 Å². The zero-order valence-corrected chi connectivity index (χ0v) is 23.4. The first kappa shape index (κ1) is 29.5. The van der Waals surface area contributed by atoms with Gasteiger partial charge in [-0.3, -0.25) is 9.78 Å². The summed E-state index contributed by atoms with van der Waals surface area (Å²) in [6.45, 7) is 12.9. The molecule has 3 aromatic rings. The Morgan fingerprint density at radius 3 is 2.26 bits per heavy atom. The number of carbonyl (C=O) groups is 1. The van der Waals surface area contributed by atoms with Crippen LogP contribution in [0.1, 0.15) is 47.1 Å². The molecule has 0 spiro atoms. The van der Waals surface area contributed by atoms with Crippen LogP contribution in [0.5, 0.6) is 5.75 Å². The number of aliphatic hydroxyl groups is 1. The molecule has 0 saturated heterocycles. The van der Waals surface area contributed by atoms with Gasteiger partial charge in [0.25, 0.3) is 0 Å². The number of halogens is 1. The number of aliphatic hydroxyl groups excluding tert-OH is 1. The van der Waals surface area contributed by atoms with Crippen molar-refractivity contribution in [2.24, 2.45) is 10.8 Å². The zero-order chi connectivity index (χ0) is 25.0. The van der Waals surface area contributed by atoms with Crippen LogP contribution in [0, 0.1) is 29.6 Å². The third-order valence-corrected chi connectivity index (χ3v) is 5.03. The fraction of sp³-hybridized carbons (Fsp3) is 0.357. The monoisotopic (exact) mass is 643 g/mol. The molecule has 185 valence electrons. The molecule has 1 heterocycles. The molecule has 0 unspecified atom stereocenters. The van der Waals surface area contributed by atoms with Crippen LogP contribution in [-0.2, 0) is 24.9 Å². The first-order valence-corrected chi connectivity index (χ1v) is 10.8. The van der Waals surface area contributed by atoms with Crippen molar-refractivity contribution in [2.75, 3.05) is 7.11 Å². The first-order chi connectivity index (χ1) is 15.2. The number of allylic oxidation sites excluding steroid dienone is 2. The largest absolute Gasteiger partial charge is 0.516 e. The predicted molar refractivity (Wildman–Crippen MR) is 132 cm³/mol. The molecule has 1 N–H and O–H groups in total. The van der Waals surface area contributed by atoms with Gasteiger partial charge in [0.15, 0.2) is 5.78 Å². The Morgan fingerprint density at radius 1 is 1.06 bits per heavy atom.